The fraction of sp³-hybridized carbons (Fsp3) is 0. The van der Waals surface area contributed by atoms with Crippen molar-refractivity contribution >= 4 is 74.1 Å². The van der Waals surface area contributed by atoms with Gasteiger partial charge in [-0.25, -0.2) is 19.9 Å². The van der Waals surface area contributed by atoms with Crippen molar-refractivity contribution in [3.8, 4) is 51.2 Å². The molecule has 4 aromatic heterocycles. The second kappa shape index (κ2) is 12.0. The van der Waals surface area contributed by atoms with E-state index in [1.54, 1.807) is 11.3 Å². The molecule has 0 bridgehead atoms. The van der Waals surface area contributed by atoms with E-state index in [9.17, 15) is 0 Å². The summed E-state index contributed by atoms with van der Waals surface area (Å²) in [5.41, 5.74) is 7.10. The summed E-state index contributed by atoms with van der Waals surface area (Å²) in [4.78, 5) is 20.7. The molecule has 0 aliphatic rings. The normalized spacial score (nSPS) is 11.8. The molecule has 0 N–H and O–H groups in total. The lowest BCUT2D eigenvalue weighted by Gasteiger charge is -2.10. The van der Waals surface area contributed by atoms with Gasteiger partial charge in [-0.3, -0.25) is 4.57 Å². The maximum absolute atomic E-state index is 5.23. The molecule has 0 atom stereocenters. The minimum atomic E-state index is 0.649. The van der Waals surface area contributed by atoms with Gasteiger partial charge in [-0.1, -0.05) is 103 Å². The number of hydrogen-bond donors (Lipinski definition) is 0. The molecular formula is C46H27N5S2. The van der Waals surface area contributed by atoms with Crippen LogP contribution in [0.4, 0.5) is 0 Å². The SMILES string of the molecule is c1ccc(-c2nc(-c3ccc4sc5ccccc5c4c3)nc(-c3cccc4c3sc3c(-c5nc6ccccc6n5-c5ccccc5)cccc34)n2)cc1. The summed E-state index contributed by atoms with van der Waals surface area (Å²) in [5, 5.41) is 4.81. The predicted octanol–water partition coefficient (Wildman–Crippen LogP) is 12.6. The Kier molecular flexibility index (Phi) is 6.83. The van der Waals surface area contributed by atoms with Crippen molar-refractivity contribution in [2.45, 2.75) is 0 Å². The zero-order valence-electron chi connectivity index (χ0n) is 28.1. The van der Waals surface area contributed by atoms with Crippen LogP contribution >= 0.6 is 22.7 Å². The van der Waals surface area contributed by atoms with Crippen molar-refractivity contribution in [2.75, 3.05) is 0 Å². The Hall–Kier alpha value is -6.54. The molecule has 0 unspecified atom stereocenters. The van der Waals surface area contributed by atoms with Crippen LogP contribution in [0.25, 0.3) is 103 Å². The first kappa shape index (κ1) is 30.1. The van der Waals surface area contributed by atoms with Crippen LogP contribution < -0.4 is 0 Å². The average molecular weight is 714 g/mol. The van der Waals surface area contributed by atoms with Gasteiger partial charge in [0, 0.05) is 68.3 Å². The van der Waals surface area contributed by atoms with Gasteiger partial charge in [-0.05, 0) is 60.7 Å². The van der Waals surface area contributed by atoms with Crippen molar-refractivity contribution in [3.63, 3.8) is 0 Å². The zero-order valence-corrected chi connectivity index (χ0v) is 29.8. The third kappa shape index (κ3) is 4.89. The molecule has 0 saturated heterocycles. The van der Waals surface area contributed by atoms with Gasteiger partial charge >= 0.3 is 0 Å². The number of rotatable bonds is 5. The van der Waals surface area contributed by atoms with Crippen LogP contribution in [-0.4, -0.2) is 24.5 Å². The third-order valence-corrected chi connectivity index (χ3v) is 12.3. The number of para-hydroxylation sites is 3. The Balaban J connectivity index is 1.14. The van der Waals surface area contributed by atoms with Gasteiger partial charge in [0.2, 0.25) is 0 Å². The van der Waals surface area contributed by atoms with Gasteiger partial charge in [0.15, 0.2) is 17.5 Å². The van der Waals surface area contributed by atoms with Crippen molar-refractivity contribution in [3.05, 3.63) is 164 Å². The number of hydrogen-bond acceptors (Lipinski definition) is 6. The van der Waals surface area contributed by atoms with Crippen LogP contribution in [0.2, 0.25) is 0 Å². The standard InChI is InChI=1S/C46H27N5S2/c1-3-13-28(14-4-1)43-48-44(29-25-26-40-36(27-29)31-17-7-10-24-39(31)52-40)50-45(49-43)34-20-11-18-32-33-19-12-21-35(42(33)53-41(32)34)46-47-37-22-8-9-23-38(37)51(46)30-15-5-2-6-16-30/h1-27H. The van der Waals surface area contributed by atoms with Crippen molar-refractivity contribution in [2.24, 2.45) is 0 Å². The molecule has 53 heavy (non-hydrogen) atoms. The Labute approximate surface area is 312 Å². The van der Waals surface area contributed by atoms with Crippen LogP contribution in [0, 0.1) is 0 Å². The van der Waals surface area contributed by atoms with Gasteiger partial charge in [0.05, 0.1) is 11.0 Å². The van der Waals surface area contributed by atoms with Gasteiger partial charge in [-0.15, -0.1) is 22.7 Å². The Morgan fingerprint density at radius 2 is 1.02 bits per heavy atom. The summed E-state index contributed by atoms with van der Waals surface area (Å²) >= 11 is 3.58. The third-order valence-electron chi connectivity index (χ3n) is 9.88. The molecule has 0 fully saturated rings. The number of fused-ring (bicyclic) bond motifs is 7. The summed E-state index contributed by atoms with van der Waals surface area (Å²) in [5.74, 6) is 2.87. The minimum absolute atomic E-state index is 0.649. The largest absolute Gasteiger partial charge is 0.292 e. The highest BCUT2D eigenvalue weighted by Crippen LogP contribution is 2.44. The van der Waals surface area contributed by atoms with Gasteiger partial charge in [-0.2, -0.15) is 0 Å². The van der Waals surface area contributed by atoms with E-state index in [4.69, 9.17) is 19.9 Å². The van der Waals surface area contributed by atoms with E-state index in [1.807, 2.05) is 35.6 Å². The first-order valence-electron chi connectivity index (χ1n) is 17.5. The van der Waals surface area contributed by atoms with Gasteiger partial charge in [0.25, 0.3) is 0 Å². The fourth-order valence-corrected chi connectivity index (χ4v) is 9.83. The highest BCUT2D eigenvalue weighted by atomic mass is 32.1. The van der Waals surface area contributed by atoms with Gasteiger partial charge < -0.3 is 0 Å². The van der Waals surface area contributed by atoms with Crippen molar-refractivity contribution in [1.29, 1.82) is 0 Å². The molecule has 0 spiro atoms. The number of aromatic nitrogens is 5. The van der Waals surface area contributed by atoms with Crippen LogP contribution in [0.3, 0.4) is 0 Å². The molecule has 0 aliphatic heterocycles. The molecule has 7 heteroatoms. The highest BCUT2D eigenvalue weighted by molar-refractivity contribution is 7.27. The molecular weight excluding hydrogens is 687 g/mol. The Morgan fingerprint density at radius 3 is 1.85 bits per heavy atom. The van der Waals surface area contributed by atoms with Crippen molar-refractivity contribution in [1.82, 2.24) is 24.5 Å². The molecule has 11 rings (SSSR count). The van der Waals surface area contributed by atoms with Gasteiger partial charge in [0.1, 0.15) is 5.82 Å². The second-order valence-corrected chi connectivity index (χ2v) is 15.1. The molecule has 0 radical (unpaired) electrons. The summed E-state index contributed by atoms with van der Waals surface area (Å²) in [6.45, 7) is 0. The molecule has 0 saturated carbocycles. The summed E-state index contributed by atoms with van der Waals surface area (Å²) in [7, 11) is 0. The zero-order chi connectivity index (χ0) is 34.9. The van der Waals surface area contributed by atoms with E-state index in [0.29, 0.717) is 17.5 Å². The Morgan fingerprint density at radius 1 is 0.396 bits per heavy atom. The maximum Gasteiger partial charge on any atom is 0.165 e. The molecule has 4 heterocycles. The summed E-state index contributed by atoms with van der Waals surface area (Å²) in [6.07, 6.45) is 0. The first-order chi connectivity index (χ1) is 26.3. The van der Waals surface area contributed by atoms with E-state index in [1.165, 1.54) is 35.6 Å². The minimum Gasteiger partial charge on any atom is -0.292 e. The Bertz CT molecular complexity index is 3180. The molecule has 5 nitrogen and oxygen atoms in total. The molecule has 0 aliphatic carbocycles. The van der Waals surface area contributed by atoms with Crippen LogP contribution in [0.15, 0.2) is 164 Å². The predicted molar refractivity (Wildman–Crippen MR) is 222 cm³/mol. The molecule has 0 amide bonds. The summed E-state index contributed by atoms with van der Waals surface area (Å²) < 4.78 is 7.10. The smallest absolute Gasteiger partial charge is 0.165 e. The average Bonchev–Trinajstić information content (AvgIpc) is 3.92. The van der Waals surface area contributed by atoms with Crippen LogP contribution in [0.1, 0.15) is 0 Å². The first-order valence-corrected chi connectivity index (χ1v) is 19.1. The molecule has 11 aromatic rings. The lowest BCUT2D eigenvalue weighted by molar-refractivity contribution is 1.08. The second-order valence-electron chi connectivity index (χ2n) is 13.0. The van der Waals surface area contributed by atoms with Crippen LogP contribution in [-0.2, 0) is 0 Å². The topological polar surface area (TPSA) is 56.5 Å². The molecule has 248 valence electrons. The monoisotopic (exact) mass is 713 g/mol. The fourth-order valence-electron chi connectivity index (χ4n) is 7.42. The highest BCUT2D eigenvalue weighted by Gasteiger charge is 2.21. The molecule has 7 aromatic carbocycles. The number of nitrogens with zero attached hydrogens (tertiary/aromatic N) is 5. The van der Waals surface area contributed by atoms with E-state index < -0.39 is 0 Å². The lowest BCUT2D eigenvalue weighted by Crippen LogP contribution is -2.00. The summed E-state index contributed by atoms with van der Waals surface area (Å²) in [6, 6.07) is 57.2. The van der Waals surface area contributed by atoms with E-state index in [0.717, 1.165) is 49.5 Å². The maximum atomic E-state index is 5.23. The van der Waals surface area contributed by atoms with Crippen molar-refractivity contribution < 1.29 is 0 Å². The quantitative estimate of drug-likeness (QED) is 0.178. The number of benzene rings is 7. The van der Waals surface area contributed by atoms with Crippen LogP contribution in [0.5, 0.6) is 0 Å². The van der Waals surface area contributed by atoms with E-state index in [2.05, 4.69) is 144 Å². The van der Waals surface area contributed by atoms with E-state index >= 15 is 0 Å². The van der Waals surface area contributed by atoms with E-state index in [-0.39, 0.29) is 0 Å². The number of imidazole rings is 1. The number of thiophene rings is 2. The lowest BCUT2D eigenvalue weighted by atomic mass is 10.1.